The van der Waals surface area contributed by atoms with Crippen LogP contribution in [0.3, 0.4) is 0 Å². The lowest BCUT2D eigenvalue weighted by atomic mass is 10.2. The van der Waals surface area contributed by atoms with Crippen molar-refractivity contribution in [3.8, 4) is 0 Å². The molecule has 0 aromatic heterocycles. The van der Waals surface area contributed by atoms with E-state index in [0.717, 1.165) is 5.56 Å². The summed E-state index contributed by atoms with van der Waals surface area (Å²) in [5.74, 6) is -0.375. The molecule has 0 bridgehead atoms. The predicted octanol–water partition coefficient (Wildman–Crippen LogP) is 0.335. The van der Waals surface area contributed by atoms with Gasteiger partial charge in [-0.2, -0.15) is 0 Å². The highest BCUT2D eigenvalue weighted by atomic mass is 19.1. The quantitative estimate of drug-likeness (QED) is 0.591. The molecule has 1 aromatic carbocycles. The largest absolute Gasteiger partial charge is 0.857 e. The molecule has 2 rings (SSSR count). The van der Waals surface area contributed by atoms with E-state index in [0.29, 0.717) is 13.0 Å². The fourth-order valence-corrected chi connectivity index (χ4v) is 1.27. The smallest absolute Gasteiger partial charge is 0.203 e. The second-order valence-corrected chi connectivity index (χ2v) is 3.09. The molecule has 14 heavy (non-hydrogen) atoms. The Kier molecular flexibility index (Phi) is 2.26. The predicted molar refractivity (Wildman–Crippen MR) is 48.7 cm³/mol. The van der Waals surface area contributed by atoms with Crippen LogP contribution >= 0.6 is 0 Å². The normalized spacial score (nSPS) is 18.6. The van der Waals surface area contributed by atoms with E-state index in [1.165, 1.54) is 12.1 Å². The monoisotopic (exact) mass is 192 g/mol. The zero-order chi connectivity index (χ0) is 9.97. The summed E-state index contributed by atoms with van der Waals surface area (Å²) in [7, 11) is 0. The second-order valence-electron chi connectivity index (χ2n) is 3.09. The maximum atomic E-state index is 12.6. The number of halogens is 1. The maximum absolute atomic E-state index is 12.6. The third kappa shape index (κ3) is 1.96. The molecule has 1 heterocycles. The fourth-order valence-electron chi connectivity index (χ4n) is 1.27. The van der Waals surface area contributed by atoms with E-state index in [2.05, 4.69) is 5.10 Å². The Balaban J connectivity index is 2.22. The van der Waals surface area contributed by atoms with Crippen LogP contribution in [0.25, 0.3) is 0 Å². The van der Waals surface area contributed by atoms with Crippen molar-refractivity contribution in [1.29, 1.82) is 0 Å². The number of rotatable bonds is 1. The first-order valence-electron chi connectivity index (χ1n) is 4.35. The summed E-state index contributed by atoms with van der Waals surface area (Å²) in [5.41, 5.74) is 0.838. The Morgan fingerprint density at radius 2 is 2.07 bits per heavy atom. The average molecular weight is 192 g/mol. The van der Waals surface area contributed by atoms with Crippen LogP contribution in [-0.2, 0) is 0 Å². The molecule has 0 amide bonds. The van der Waals surface area contributed by atoms with Gasteiger partial charge in [-0.3, -0.25) is 0 Å². The zero-order valence-electron chi connectivity index (χ0n) is 7.48. The first-order valence-corrected chi connectivity index (χ1v) is 4.35. The van der Waals surface area contributed by atoms with Gasteiger partial charge >= 0.3 is 0 Å². The van der Waals surface area contributed by atoms with Gasteiger partial charge in [0, 0.05) is 17.9 Å². The minimum Gasteiger partial charge on any atom is -0.857 e. The molecule has 0 radical (unpaired) electrons. The molecule has 4 heteroatoms. The van der Waals surface area contributed by atoms with Crippen LogP contribution in [0, 0.1) is 5.82 Å². The molecule has 0 saturated carbocycles. The summed E-state index contributed by atoms with van der Waals surface area (Å²) in [6, 6.07) is 6.05. The SMILES string of the molecule is [O-]C1=N/[N+](=C/c2ccc(F)cc2)CC1. The van der Waals surface area contributed by atoms with Gasteiger partial charge < -0.3 is 5.11 Å². The van der Waals surface area contributed by atoms with Crippen molar-refractivity contribution in [2.45, 2.75) is 6.42 Å². The Morgan fingerprint density at radius 1 is 1.36 bits per heavy atom. The average Bonchev–Trinajstić information content (AvgIpc) is 2.56. The van der Waals surface area contributed by atoms with Gasteiger partial charge in [-0.25, -0.2) is 4.39 Å². The third-order valence-corrected chi connectivity index (χ3v) is 1.96. The Labute approximate surface area is 80.8 Å². The number of hydrogen-bond acceptors (Lipinski definition) is 2. The van der Waals surface area contributed by atoms with E-state index in [9.17, 15) is 9.50 Å². The lowest BCUT2D eigenvalue weighted by Crippen LogP contribution is -2.13. The van der Waals surface area contributed by atoms with Crippen LogP contribution in [-0.4, -0.2) is 23.3 Å². The van der Waals surface area contributed by atoms with Gasteiger partial charge in [0.15, 0.2) is 6.54 Å². The van der Waals surface area contributed by atoms with Crippen molar-refractivity contribution in [1.82, 2.24) is 0 Å². The van der Waals surface area contributed by atoms with Crippen molar-refractivity contribution in [3.05, 3.63) is 35.6 Å². The molecule has 3 nitrogen and oxygen atoms in total. The highest BCUT2D eigenvalue weighted by Gasteiger charge is 2.10. The van der Waals surface area contributed by atoms with Crippen molar-refractivity contribution >= 4 is 12.1 Å². The lowest BCUT2D eigenvalue weighted by Gasteiger charge is -1.90. The Morgan fingerprint density at radius 3 is 2.64 bits per heavy atom. The topological polar surface area (TPSA) is 38.4 Å². The van der Waals surface area contributed by atoms with Crippen molar-refractivity contribution in [2.24, 2.45) is 5.10 Å². The summed E-state index contributed by atoms with van der Waals surface area (Å²) in [6.07, 6.45) is 2.18. The number of hydrazone groups is 1. The summed E-state index contributed by atoms with van der Waals surface area (Å²) in [5, 5.41) is 14.6. The molecule has 0 fully saturated rings. The van der Waals surface area contributed by atoms with E-state index in [1.54, 1.807) is 23.0 Å². The van der Waals surface area contributed by atoms with Gasteiger partial charge in [-0.05, 0) is 29.4 Å². The van der Waals surface area contributed by atoms with Crippen LogP contribution in [0.2, 0.25) is 0 Å². The van der Waals surface area contributed by atoms with E-state index in [4.69, 9.17) is 0 Å². The summed E-state index contributed by atoms with van der Waals surface area (Å²) in [4.78, 5) is 0. The third-order valence-electron chi connectivity index (χ3n) is 1.96. The van der Waals surface area contributed by atoms with Gasteiger partial charge in [-0.1, -0.05) is 4.68 Å². The van der Waals surface area contributed by atoms with E-state index in [-0.39, 0.29) is 11.7 Å². The van der Waals surface area contributed by atoms with Crippen LogP contribution < -0.4 is 5.11 Å². The van der Waals surface area contributed by atoms with Crippen LogP contribution in [0.5, 0.6) is 0 Å². The second kappa shape index (κ2) is 3.57. The minimum absolute atomic E-state index is 0.108. The van der Waals surface area contributed by atoms with Crippen LogP contribution in [0.4, 0.5) is 4.39 Å². The van der Waals surface area contributed by atoms with E-state index >= 15 is 0 Å². The van der Waals surface area contributed by atoms with Gasteiger partial charge in [0.05, 0.1) is 0 Å². The molecule has 0 saturated heterocycles. The first kappa shape index (κ1) is 8.87. The molecule has 0 N–H and O–H groups in total. The highest BCUT2D eigenvalue weighted by Crippen LogP contribution is 2.01. The Hall–Kier alpha value is -1.71. The Bertz CT molecular complexity index is 395. The summed E-state index contributed by atoms with van der Waals surface area (Å²) < 4.78 is 14.1. The maximum Gasteiger partial charge on any atom is 0.203 e. The molecule has 0 aliphatic carbocycles. The molecule has 1 aliphatic rings. The molecule has 0 spiro atoms. The summed E-state index contributed by atoms with van der Waals surface area (Å²) >= 11 is 0. The summed E-state index contributed by atoms with van der Waals surface area (Å²) in [6.45, 7) is 0.607. The van der Waals surface area contributed by atoms with E-state index < -0.39 is 0 Å². The lowest BCUT2D eigenvalue weighted by molar-refractivity contribution is -0.519. The van der Waals surface area contributed by atoms with Crippen molar-refractivity contribution < 1.29 is 14.2 Å². The minimum atomic E-state index is -0.267. The molecule has 0 unspecified atom stereocenters. The number of nitrogens with zero attached hydrogens (tertiary/aromatic N) is 2. The van der Waals surface area contributed by atoms with Gasteiger partial charge in [0.2, 0.25) is 6.21 Å². The number of hydrogen-bond donors (Lipinski definition) is 0. The molecule has 1 aliphatic heterocycles. The molecular weight excluding hydrogens is 183 g/mol. The van der Waals surface area contributed by atoms with Gasteiger partial charge in [-0.15, -0.1) is 0 Å². The van der Waals surface area contributed by atoms with Crippen LogP contribution in [0.1, 0.15) is 12.0 Å². The molecule has 72 valence electrons. The molecule has 0 atom stereocenters. The fraction of sp³-hybridized carbons (Fsp3) is 0.200. The zero-order valence-corrected chi connectivity index (χ0v) is 7.48. The highest BCUT2D eigenvalue weighted by molar-refractivity contribution is 5.77. The van der Waals surface area contributed by atoms with Gasteiger partial charge in [0.25, 0.3) is 0 Å². The first-order chi connectivity index (χ1) is 6.74. The van der Waals surface area contributed by atoms with E-state index in [1.807, 2.05) is 0 Å². The molecular formula is C10H9FN2O. The molecule has 1 aromatic rings. The number of benzene rings is 1. The van der Waals surface area contributed by atoms with Gasteiger partial charge in [0.1, 0.15) is 5.82 Å². The standard InChI is InChI=1S/C10H9FN2O/c11-9-3-1-8(2-4-9)7-13-6-5-10(14)12-13/h1-4,7H,5-6H2/b13-7+. The van der Waals surface area contributed by atoms with Crippen molar-refractivity contribution in [3.63, 3.8) is 0 Å². The van der Waals surface area contributed by atoms with Crippen LogP contribution in [0.15, 0.2) is 29.4 Å². The van der Waals surface area contributed by atoms with Crippen molar-refractivity contribution in [2.75, 3.05) is 6.54 Å².